The fraction of sp³-hybridized carbons (Fsp3) is 0.192. The van der Waals surface area contributed by atoms with Gasteiger partial charge in [0.15, 0.2) is 6.61 Å². The quantitative estimate of drug-likeness (QED) is 0.228. The number of carbonyl (C=O) groups excluding carboxylic acids is 2. The van der Waals surface area contributed by atoms with E-state index < -0.39 is 11.8 Å². The van der Waals surface area contributed by atoms with Crippen LogP contribution in [0.4, 0.5) is 4.39 Å². The summed E-state index contributed by atoms with van der Waals surface area (Å²) in [6.07, 6.45) is 1.46. The number of rotatable bonds is 8. The van der Waals surface area contributed by atoms with Crippen molar-refractivity contribution in [3.8, 4) is 11.5 Å². The number of nitrogens with zero attached hydrogens (tertiary/aromatic N) is 1. The molecule has 33 heavy (non-hydrogen) atoms. The monoisotopic (exact) mass is 448 g/mol. The highest BCUT2D eigenvalue weighted by atomic mass is 19.1. The Labute approximate surface area is 192 Å². The summed E-state index contributed by atoms with van der Waals surface area (Å²) in [4.78, 5) is 24.1. The van der Waals surface area contributed by atoms with Crippen LogP contribution in [0.15, 0.2) is 71.8 Å². The molecule has 1 amide bonds. The summed E-state index contributed by atoms with van der Waals surface area (Å²) in [5.74, 6) is -0.286. The minimum atomic E-state index is -0.655. The Kier molecular flexibility index (Phi) is 7.91. The number of halogens is 1. The molecule has 3 rings (SSSR count). The highest BCUT2D eigenvalue weighted by Gasteiger charge is 2.11. The number of carbonyl (C=O) groups is 2. The number of amides is 1. The standard InChI is InChI=1S/C26H25FN2O4/c1-17(2)23-12-7-18(3)13-24(23)32-16-25(30)29-28-15-19-8-10-22(11-9-19)33-26(31)20-5-4-6-21(27)14-20/h4-15,17H,16H2,1-3H3,(H,29,30)/b28-15-. The lowest BCUT2D eigenvalue weighted by atomic mass is 10.0. The van der Waals surface area contributed by atoms with Gasteiger partial charge in [-0.05, 0) is 78.1 Å². The smallest absolute Gasteiger partial charge is 0.343 e. The van der Waals surface area contributed by atoms with E-state index in [-0.39, 0.29) is 24.0 Å². The zero-order valence-corrected chi connectivity index (χ0v) is 18.7. The molecule has 0 aliphatic rings. The molecule has 0 aromatic heterocycles. The first kappa shape index (κ1) is 23.7. The number of hydrogen-bond donors (Lipinski definition) is 1. The van der Waals surface area contributed by atoms with Crippen molar-refractivity contribution in [1.29, 1.82) is 0 Å². The van der Waals surface area contributed by atoms with Crippen molar-refractivity contribution in [2.75, 3.05) is 6.61 Å². The van der Waals surface area contributed by atoms with Crippen LogP contribution >= 0.6 is 0 Å². The second-order valence-electron chi connectivity index (χ2n) is 7.75. The number of hydrogen-bond acceptors (Lipinski definition) is 5. The van der Waals surface area contributed by atoms with Crippen LogP contribution in [0.5, 0.6) is 11.5 Å². The van der Waals surface area contributed by atoms with Crippen LogP contribution in [-0.2, 0) is 4.79 Å². The third-order valence-corrected chi connectivity index (χ3v) is 4.70. The Morgan fingerprint density at radius 2 is 1.82 bits per heavy atom. The topological polar surface area (TPSA) is 77.0 Å². The molecule has 3 aromatic rings. The molecule has 7 heteroatoms. The number of nitrogens with one attached hydrogen (secondary N) is 1. The summed E-state index contributed by atoms with van der Waals surface area (Å²) in [6, 6.07) is 17.7. The molecule has 0 unspecified atom stereocenters. The molecule has 3 aromatic carbocycles. The van der Waals surface area contributed by atoms with E-state index in [0.717, 1.165) is 17.2 Å². The summed E-state index contributed by atoms with van der Waals surface area (Å²) < 4.78 is 24.1. The maximum atomic E-state index is 13.2. The highest BCUT2D eigenvalue weighted by molar-refractivity contribution is 5.91. The summed E-state index contributed by atoms with van der Waals surface area (Å²) in [5.41, 5.74) is 5.32. The van der Waals surface area contributed by atoms with Gasteiger partial charge in [0.1, 0.15) is 17.3 Å². The second-order valence-corrected chi connectivity index (χ2v) is 7.75. The fourth-order valence-corrected chi connectivity index (χ4v) is 3.00. The van der Waals surface area contributed by atoms with Gasteiger partial charge < -0.3 is 9.47 Å². The third kappa shape index (κ3) is 7.00. The number of aryl methyl sites for hydroxylation is 1. The Balaban J connectivity index is 1.50. The molecule has 0 heterocycles. The molecule has 0 spiro atoms. The molecule has 0 bridgehead atoms. The van der Waals surface area contributed by atoms with Crippen molar-refractivity contribution in [1.82, 2.24) is 5.43 Å². The van der Waals surface area contributed by atoms with Gasteiger partial charge in [0.05, 0.1) is 11.8 Å². The van der Waals surface area contributed by atoms with E-state index in [0.29, 0.717) is 17.1 Å². The van der Waals surface area contributed by atoms with Gasteiger partial charge in [0, 0.05) is 0 Å². The summed E-state index contributed by atoms with van der Waals surface area (Å²) in [6.45, 7) is 5.94. The Bertz CT molecular complexity index is 1160. The lowest BCUT2D eigenvalue weighted by Crippen LogP contribution is -2.25. The molecule has 6 nitrogen and oxygen atoms in total. The lowest BCUT2D eigenvalue weighted by Gasteiger charge is -2.14. The van der Waals surface area contributed by atoms with Gasteiger partial charge in [-0.1, -0.05) is 32.0 Å². The van der Waals surface area contributed by atoms with Crippen LogP contribution in [0.3, 0.4) is 0 Å². The molecule has 170 valence electrons. The van der Waals surface area contributed by atoms with Crippen molar-refractivity contribution in [3.63, 3.8) is 0 Å². The van der Waals surface area contributed by atoms with Crippen molar-refractivity contribution in [2.45, 2.75) is 26.7 Å². The van der Waals surface area contributed by atoms with E-state index in [2.05, 4.69) is 24.4 Å². The van der Waals surface area contributed by atoms with Gasteiger partial charge >= 0.3 is 5.97 Å². The average molecular weight is 448 g/mol. The van der Waals surface area contributed by atoms with E-state index in [9.17, 15) is 14.0 Å². The molecule has 0 fully saturated rings. The molecule has 1 N–H and O–H groups in total. The van der Waals surface area contributed by atoms with Crippen molar-refractivity contribution in [2.24, 2.45) is 5.10 Å². The van der Waals surface area contributed by atoms with Crippen molar-refractivity contribution in [3.05, 3.63) is 94.8 Å². The summed E-state index contributed by atoms with van der Waals surface area (Å²) in [7, 11) is 0. The molecule has 0 aliphatic carbocycles. The molecule has 0 aliphatic heterocycles. The number of hydrazone groups is 1. The van der Waals surface area contributed by atoms with Crippen LogP contribution in [0.25, 0.3) is 0 Å². The number of esters is 1. The van der Waals surface area contributed by atoms with E-state index in [1.165, 1.54) is 24.4 Å². The summed E-state index contributed by atoms with van der Waals surface area (Å²) in [5, 5.41) is 3.92. The maximum absolute atomic E-state index is 13.2. The average Bonchev–Trinajstić information content (AvgIpc) is 2.78. The number of ether oxygens (including phenoxy) is 2. The second kappa shape index (κ2) is 11.0. The van der Waals surface area contributed by atoms with Crippen molar-refractivity contribution < 1.29 is 23.5 Å². The predicted octanol–water partition coefficient (Wildman–Crippen LogP) is 5.01. The Morgan fingerprint density at radius 1 is 1.06 bits per heavy atom. The normalized spacial score (nSPS) is 10.9. The fourth-order valence-electron chi connectivity index (χ4n) is 3.00. The van der Waals surface area contributed by atoms with Crippen LogP contribution in [0, 0.1) is 12.7 Å². The Morgan fingerprint density at radius 3 is 2.52 bits per heavy atom. The third-order valence-electron chi connectivity index (χ3n) is 4.70. The minimum absolute atomic E-state index is 0.122. The Hall–Kier alpha value is -4.00. The van der Waals surface area contributed by atoms with E-state index in [1.807, 2.05) is 25.1 Å². The molecule has 0 atom stereocenters. The van der Waals surface area contributed by atoms with Crippen LogP contribution in [-0.4, -0.2) is 24.7 Å². The first-order valence-electron chi connectivity index (χ1n) is 10.4. The zero-order valence-electron chi connectivity index (χ0n) is 18.7. The minimum Gasteiger partial charge on any atom is -0.483 e. The first-order valence-corrected chi connectivity index (χ1v) is 10.4. The zero-order chi connectivity index (χ0) is 23.8. The van der Waals surface area contributed by atoms with Crippen molar-refractivity contribution >= 4 is 18.1 Å². The van der Waals surface area contributed by atoms with Gasteiger partial charge in [0.2, 0.25) is 0 Å². The molecule has 0 radical (unpaired) electrons. The molecule has 0 saturated heterocycles. The van der Waals surface area contributed by atoms with Crippen LogP contribution in [0.2, 0.25) is 0 Å². The highest BCUT2D eigenvalue weighted by Crippen LogP contribution is 2.27. The summed E-state index contributed by atoms with van der Waals surface area (Å²) >= 11 is 0. The maximum Gasteiger partial charge on any atom is 0.343 e. The lowest BCUT2D eigenvalue weighted by molar-refractivity contribution is -0.123. The van der Waals surface area contributed by atoms with Crippen LogP contribution in [0.1, 0.15) is 46.8 Å². The molecule has 0 saturated carbocycles. The largest absolute Gasteiger partial charge is 0.483 e. The molecular weight excluding hydrogens is 423 g/mol. The molecular formula is C26H25FN2O4. The van der Waals surface area contributed by atoms with Gasteiger partial charge in [-0.15, -0.1) is 0 Å². The van der Waals surface area contributed by atoms with Gasteiger partial charge in [-0.3, -0.25) is 4.79 Å². The van der Waals surface area contributed by atoms with E-state index in [4.69, 9.17) is 9.47 Å². The van der Waals surface area contributed by atoms with Gasteiger partial charge in [-0.25, -0.2) is 14.6 Å². The van der Waals surface area contributed by atoms with Crippen LogP contribution < -0.4 is 14.9 Å². The van der Waals surface area contributed by atoms with E-state index in [1.54, 1.807) is 24.3 Å². The SMILES string of the molecule is Cc1ccc(C(C)C)c(OCC(=O)N/N=C\c2ccc(OC(=O)c3cccc(F)c3)cc2)c1. The van der Waals surface area contributed by atoms with Gasteiger partial charge in [0.25, 0.3) is 5.91 Å². The number of benzene rings is 3. The first-order chi connectivity index (χ1) is 15.8. The van der Waals surface area contributed by atoms with E-state index >= 15 is 0 Å². The predicted molar refractivity (Wildman–Crippen MR) is 124 cm³/mol. The van der Waals surface area contributed by atoms with Gasteiger partial charge in [-0.2, -0.15) is 5.10 Å².